The lowest BCUT2D eigenvalue weighted by atomic mass is 9.98. The van der Waals surface area contributed by atoms with Gasteiger partial charge in [0.15, 0.2) is 5.78 Å². The van der Waals surface area contributed by atoms with Crippen LogP contribution >= 0.6 is 0 Å². The molecule has 3 aromatic carbocycles. The van der Waals surface area contributed by atoms with Crippen molar-refractivity contribution in [3.63, 3.8) is 0 Å². The van der Waals surface area contributed by atoms with Crippen molar-refractivity contribution in [3.8, 4) is 0 Å². The van der Waals surface area contributed by atoms with Gasteiger partial charge in [-0.05, 0) is 41.8 Å². The number of hydrogen-bond acceptors (Lipinski definition) is 3. The molecule has 35 heavy (non-hydrogen) atoms. The van der Waals surface area contributed by atoms with Crippen molar-refractivity contribution in [1.82, 2.24) is 0 Å². The first-order chi connectivity index (χ1) is 17.3. The Morgan fingerprint density at radius 2 is 1.37 bits per heavy atom. The third-order valence-electron chi connectivity index (χ3n) is 6.91. The van der Waals surface area contributed by atoms with Crippen molar-refractivity contribution in [2.75, 3.05) is 5.01 Å². The van der Waals surface area contributed by atoms with Gasteiger partial charge in [0.2, 0.25) is 0 Å². The molecule has 0 saturated heterocycles. The van der Waals surface area contributed by atoms with E-state index in [1.54, 1.807) is 0 Å². The molecule has 0 radical (unpaired) electrons. The van der Waals surface area contributed by atoms with Gasteiger partial charge in [-0.15, -0.1) is 0 Å². The van der Waals surface area contributed by atoms with E-state index in [1.165, 1.54) is 44.1 Å². The second kappa shape index (κ2) is 13.0. The Morgan fingerprint density at radius 1 is 0.771 bits per heavy atom. The predicted molar refractivity (Wildman–Crippen MR) is 147 cm³/mol. The summed E-state index contributed by atoms with van der Waals surface area (Å²) < 4.78 is 0. The number of benzene rings is 3. The zero-order chi connectivity index (χ0) is 24.3. The predicted octanol–water partition coefficient (Wildman–Crippen LogP) is 8.76. The van der Waals surface area contributed by atoms with Gasteiger partial charge >= 0.3 is 0 Å². The molecule has 0 aromatic heterocycles. The maximum atomic E-state index is 12.7. The number of anilines is 1. The minimum Gasteiger partial charge on any atom is -0.294 e. The first-order valence-electron chi connectivity index (χ1n) is 13.4. The number of hydrogen-bond donors (Lipinski definition) is 0. The summed E-state index contributed by atoms with van der Waals surface area (Å²) in [5.41, 5.74) is 5.33. The lowest BCUT2D eigenvalue weighted by molar-refractivity contribution is 0.0979. The Bertz CT molecular complexity index is 1070. The van der Waals surface area contributed by atoms with Gasteiger partial charge in [-0.1, -0.05) is 113 Å². The lowest BCUT2D eigenvalue weighted by Gasteiger charge is -2.24. The van der Waals surface area contributed by atoms with E-state index in [4.69, 9.17) is 5.10 Å². The number of rotatable bonds is 13. The van der Waals surface area contributed by atoms with Crippen molar-refractivity contribution in [2.45, 2.75) is 77.2 Å². The Balaban J connectivity index is 1.39. The first-order valence-corrected chi connectivity index (χ1v) is 13.4. The summed E-state index contributed by atoms with van der Waals surface area (Å²) in [4.78, 5) is 12.7. The zero-order valence-corrected chi connectivity index (χ0v) is 21.0. The highest BCUT2D eigenvalue weighted by Gasteiger charge is 2.29. The van der Waals surface area contributed by atoms with Crippen LogP contribution in [0.5, 0.6) is 0 Å². The topological polar surface area (TPSA) is 32.7 Å². The summed E-state index contributed by atoms with van der Waals surface area (Å²) >= 11 is 0. The molecule has 0 bridgehead atoms. The van der Waals surface area contributed by atoms with Crippen LogP contribution in [0.1, 0.15) is 98.7 Å². The van der Waals surface area contributed by atoms with Crippen LogP contribution in [-0.4, -0.2) is 11.5 Å². The zero-order valence-electron chi connectivity index (χ0n) is 21.0. The van der Waals surface area contributed by atoms with Crippen molar-refractivity contribution >= 4 is 17.2 Å². The fraction of sp³-hybridized carbons (Fsp3) is 0.375. The summed E-state index contributed by atoms with van der Waals surface area (Å²) in [5, 5.41) is 7.14. The highest BCUT2D eigenvalue weighted by Crippen LogP contribution is 2.36. The summed E-state index contributed by atoms with van der Waals surface area (Å²) in [7, 11) is 0. The molecule has 1 heterocycles. The maximum absolute atomic E-state index is 12.7. The normalized spacial score (nSPS) is 15.3. The van der Waals surface area contributed by atoms with E-state index in [0.29, 0.717) is 6.42 Å². The molecule has 0 amide bonds. The van der Waals surface area contributed by atoms with Gasteiger partial charge in [-0.3, -0.25) is 9.80 Å². The Morgan fingerprint density at radius 3 is 2.03 bits per heavy atom. The second-order valence-electron chi connectivity index (χ2n) is 9.58. The van der Waals surface area contributed by atoms with E-state index < -0.39 is 0 Å². The fourth-order valence-electron chi connectivity index (χ4n) is 4.85. The van der Waals surface area contributed by atoms with Crippen LogP contribution in [0.15, 0.2) is 90.0 Å². The largest absolute Gasteiger partial charge is 0.294 e. The Labute approximate surface area is 210 Å². The van der Waals surface area contributed by atoms with Crippen LogP contribution in [0.2, 0.25) is 0 Å². The van der Waals surface area contributed by atoms with Crippen LogP contribution in [0.4, 0.5) is 5.69 Å². The van der Waals surface area contributed by atoms with Gasteiger partial charge in [0.05, 0.1) is 17.4 Å². The number of Topliss-reactive ketones (excluding diaryl/α,β-unsaturated/α-hetero) is 1. The SMILES string of the molecule is CCCCCCCCCCC(=O)c1ccc(N2N=C(c3ccccc3)C[C@@H]2c2ccccc2)cc1. The summed E-state index contributed by atoms with van der Waals surface area (Å²) in [6.45, 7) is 2.25. The Hall–Kier alpha value is -3.20. The molecule has 1 aliphatic rings. The summed E-state index contributed by atoms with van der Waals surface area (Å²) in [6.07, 6.45) is 11.5. The van der Waals surface area contributed by atoms with E-state index in [9.17, 15) is 4.79 Å². The average Bonchev–Trinajstić information content (AvgIpc) is 3.37. The smallest absolute Gasteiger partial charge is 0.162 e. The second-order valence-corrected chi connectivity index (χ2v) is 9.58. The van der Waals surface area contributed by atoms with Crippen LogP contribution in [0, 0.1) is 0 Å². The number of ketones is 1. The minimum atomic E-state index is 0.144. The summed E-state index contributed by atoms with van der Waals surface area (Å²) in [5.74, 6) is 0.247. The molecule has 0 spiro atoms. The van der Waals surface area contributed by atoms with Crippen LogP contribution in [0.3, 0.4) is 0 Å². The number of carbonyl (C=O) groups excluding carboxylic acids is 1. The molecule has 0 saturated carbocycles. The quantitative estimate of drug-likeness (QED) is 0.186. The van der Waals surface area contributed by atoms with E-state index in [1.807, 2.05) is 30.3 Å². The van der Waals surface area contributed by atoms with Crippen molar-refractivity contribution in [1.29, 1.82) is 0 Å². The van der Waals surface area contributed by atoms with Gasteiger partial charge in [0.1, 0.15) is 0 Å². The third kappa shape index (κ3) is 6.91. The van der Waals surface area contributed by atoms with E-state index in [-0.39, 0.29) is 11.8 Å². The number of unbranched alkanes of at least 4 members (excludes halogenated alkanes) is 7. The van der Waals surface area contributed by atoms with Gasteiger partial charge in [0, 0.05) is 18.4 Å². The molecule has 1 aliphatic heterocycles. The number of nitrogens with zero attached hydrogens (tertiary/aromatic N) is 2. The molecule has 0 aliphatic carbocycles. The molecule has 182 valence electrons. The lowest BCUT2D eigenvalue weighted by Crippen LogP contribution is -2.18. The van der Waals surface area contributed by atoms with Gasteiger partial charge in [-0.25, -0.2) is 0 Å². The fourth-order valence-corrected chi connectivity index (χ4v) is 4.85. The highest BCUT2D eigenvalue weighted by atomic mass is 16.1. The maximum Gasteiger partial charge on any atom is 0.162 e. The first kappa shape index (κ1) is 24.9. The summed E-state index contributed by atoms with van der Waals surface area (Å²) in [6, 6.07) is 29.1. The molecule has 0 unspecified atom stereocenters. The van der Waals surface area contributed by atoms with Crippen molar-refractivity contribution in [2.24, 2.45) is 5.10 Å². The highest BCUT2D eigenvalue weighted by molar-refractivity contribution is 6.03. The van der Waals surface area contributed by atoms with E-state index in [2.05, 4.69) is 66.5 Å². The average molecular weight is 467 g/mol. The molecule has 0 fully saturated rings. The van der Waals surface area contributed by atoms with Crippen LogP contribution in [0.25, 0.3) is 0 Å². The van der Waals surface area contributed by atoms with Gasteiger partial charge in [0.25, 0.3) is 0 Å². The van der Waals surface area contributed by atoms with E-state index >= 15 is 0 Å². The molecule has 3 nitrogen and oxygen atoms in total. The standard InChI is InChI=1S/C32H38N2O/c1-2-3-4-5-6-7-8-15-20-32(35)28-21-23-29(24-22-28)34-31(27-18-13-10-14-19-27)25-30(33-34)26-16-11-9-12-17-26/h9-14,16-19,21-24,31H,2-8,15,20,25H2,1H3/t31-/m1/s1. The molecule has 3 aromatic rings. The van der Waals surface area contributed by atoms with E-state index in [0.717, 1.165) is 41.8 Å². The van der Waals surface area contributed by atoms with Crippen molar-refractivity contribution < 1.29 is 4.79 Å². The van der Waals surface area contributed by atoms with Crippen LogP contribution in [-0.2, 0) is 0 Å². The van der Waals surface area contributed by atoms with Gasteiger partial charge in [-0.2, -0.15) is 5.10 Å². The minimum absolute atomic E-state index is 0.144. The monoisotopic (exact) mass is 466 g/mol. The number of carbonyl (C=O) groups is 1. The third-order valence-corrected chi connectivity index (χ3v) is 6.91. The van der Waals surface area contributed by atoms with Gasteiger partial charge < -0.3 is 0 Å². The molecule has 4 rings (SSSR count). The molecular formula is C32H38N2O. The number of hydrazone groups is 1. The molecule has 0 N–H and O–H groups in total. The molecule has 1 atom stereocenters. The Kier molecular flexibility index (Phi) is 9.28. The van der Waals surface area contributed by atoms with Crippen molar-refractivity contribution in [3.05, 3.63) is 102 Å². The molecule has 3 heteroatoms. The molecular weight excluding hydrogens is 428 g/mol. The van der Waals surface area contributed by atoms with Crippen LogP contribution < -0.4 is 5.01 Å².